The highest BCUT2D eigenvalue weighted by molar-refractivity contribution is 5.89. The number of fused-ring (bicyclic) bond motifs is 1. The molecule has 3 aromatic rings. The highest BCUT2D eigenvalue weighted by Crippen LogP contribution is 2.33. The predicted molar refractivity (Wildman–Crippen MR) is 113 cm³/mol. The van der Waals surface area contributed by atoms with Gasteiger partial charge in [-0.3, -0.25) is 0 Å². The maximum atomic E-state index is 12.7. The molecule has 1 saturated heterocycles. The van der Waals surface area contributed by atoms with Crippen LogP contribution in [-0.2, 0) is 20.6 Å². The number of aliphatic hydroxyl groups is 1. The molecule has 0 radical (unpaired) electrons. The van der Waals surface area contributed by atoms with E-state index in [1.807, 2.05) is 35.0 Å². The zero-order chi connectivity index (χ0) is 22.7. The molecule has 0 aliphatic carbocycles. The average Bonchev–Trinajstić information content (AvgIpc) is 3.15. The Hall–Kier alpha value is -2.67. The molecule has 30 heavy (non-hydrogen) atoms. The maximum Gasteiger partial charge on any atom is 0.338 e. The Labute approximate surface area is 178 Å². The summed E-state index contributed by atoms with van der Waals surface area (Å²) in [7, 11) is -1.60. The van der Waals surface area contributed by atoms with Crippen LogP contribution in [0.2, 0.25) is 0 Å². The molecule has 0 amide bonds. The third-order valence-corrected chi connectivity index (χ3v) is 5.47. The Bertz CT molecular complexity index is 1050. The van der Waals surface area contributed by atoms with Crippen LogP contribution in [0.3, 0.4) is 0 Å². The molecule has 0 bridgehead atoms. The van der Waals surface area contributed by atoms with E-state index in [9.17, 15) is 9.90 Å². The number of aromatic nitrogens is 1. The van der Waals surface area contributed by atoms with Gasteiger partial charge in [-0.05, 0) is 30.2 Å². The first kappa shape index (κ1) is 18.1. The number of aliphatic hydroxyl groups excluding tert-OH is 1. The third-order valence-electron chi connectivity index (χ3n) is 5.47. The van der Waals surface area contributed by atoms with Gasteiger partial charge in [0.1, 0.15) is 12.2 Å². The monoisotopic (exact) mass is 412 g/mol. The van der Waals surface area contributed by atoms with Gasteiger partial charge in [-0.2, -0.15) is 0 Å². The van der Waals surface area contributed by atoms with Crippen LogP contribution in [0.4, 0.5) is 0 Å². The van der Waals surface area contributed by atoms with E-state index in [4.69, 9.17) is 17.0 Å². The van der Waals surface area contributed by atoms with Crippen molar-refractivity contribution in [3.8, 4) is 0 Å². The maximum absolute atomic E-state index is 12.7. The summed E-state index contributed by atoms with van der Waals surface area (Å²) in [4.78, 5) is 12.7. The second-order valence-corrected chi connectivity index (χ2v) is 7.45. The van der Waals surface area contributed by atoms with Crippen molar-refractivity contribution >= 4 is 16.9 Å². The minimum Gasteiger partial charge on any atom is -0.453 e. The van der Waals surface area contributed by atoms with Crippen LogP contribution >= 0.6 is 0 Å². The van der Waals surface area contributed by atoms with Crippen LogP contribution in [0, 0.1) is 0 Å². The minimum absolute atomic E-state index is 0.0294. The number of carbonyl (C=O) groups excluding carboxylic acids is 1. The fourth-order valence-corrected chi connectivity index (χ4v) is 4.00. The van der Waals surface area contributed by atoms with Crippen molar-refractivity contribution in [2.24, 2.45) is 0 Å². The normalized spacial score (nSPS) is 26.1. The quantitative estimate of drug-likeness (QED) is 0.625. The predicted octanol–water partition coefficient (Wildman–Crippen LogP) is 3.72. The Morgan fingerprint density at radius 1 is 1.30 bits per heavy atom. The van der Waals surface area contributed by atoms with E-state index < -0.39 is 37.6 Å². The number of carbonyl (C=O) groups is 1. The number of benzene rings is 2. The Morgan fingerprint density at radius 3 is 2.83 bits per heavy atom. The van der Waals surface area contributed by atoms with E-state index in [-0.39, 0.29) is 6.61 Å². The molecule has 4 rings (SSSR count). The van der Waals surface area contributed by atoms with Crippen LogP contribution in [0.5, 0.6) is 0 Å². The summed E-state index contributed by atoms with van der Waals surface area (Å²) in [6.07, 6.45) is -0.283. The molecule has 6 nitrogen and oxygen atoms in total. The molecule has 1 aliphatic rings. The number of ether oxygens (including phenoxy) is 3. The molecule has 6 heteroatoms. The fourth-order valence-electron chi connectivity index (χ4n) is 4.00. The van der Waals surface area contributed by atoms with Crippen molar-refractivity contribution in [2.45, 2.75) is 44.3 Å². The molecule has 0 saturated carbocycles. The van der Waals surface area contributed by atoms with Crippen molar-refractivity contribution in [3.63, 3.8) is 0 Å². The lowest BCUT2D eigenvalue weighted by Crippen LogP contribution is -2.53. The second kappa shape index (κ2) is 9.00. The number of aryl methyl sites for hydroxylation is 1. The Balaban J connectivity index is 1.66. The molecule has 0 spiro atoms. The standard InChI is InChI=1S/C24H27NO5/c1-3-9-17-14-25(19-13-8-7-12-18(17)19)23-21(26)22(20(28-2)15-29-23)30-24(27)16-10-5-4-6-11-16/h4-8,10-14,20-23,26H,3,9,15H2,1-2H3/i2TD. The van der Waals surface area contributed by atoms with Gasteiger partial charge in [0.05, 0.1) is 20.4 Å². The zero-order valence-electron chi connectivity index (χ0n) is 18.8. The van der Waals surface area contributed by atoms with Crippen molar-refractivity contribution in [2.75, 3.05) is 13.7 Å². The largest absolute Gasteiger partial charge is 0.453 e. The highest BCUT2D eigenvalue weighted by atomic mass is 16.6. The van der Waals surface area contributed by atoms with Gasteiger partial charge in [-0.15, -0.1) is 0 Å². The van der Waals surface area contributed by atoms with E-state index in [0.29, 0.717) is 5.56 Å². The van der Waals surface area contributed by atoms with Crippen LogP contribution in [0.1, 0.15) is 38.2 Å². The number of nitrogens with zero attached hydrogens (tertiary/aromatic N) is 1. The molecule has 1 aliphatic heterocycles. The fraction of sp³-hybridized carbons (Fsp3) is 0.375. The van der Waals surface area contributed by atoms with Crippen LogP contribution in [0.25, 0.3) is 10.9 Å². The molecular weight excluding hydrogens is 382 g/mol. The summed E-state index contributed by atoms with van der Waals surface area (Å²) in [5.74, 6) is -0.612. The number of hydrogen-bond acceptors (Lipinski definition) is 5. The summed E-state index contributed by atoms with van der Waals surface area (Å²) in [6.45, 7) is 2.08. The lowest BCUT2D eigenvalue weighted by Gasteiger charge is -2.39. The van der Waals surface area contributed by atoms with Gasteiger partial charge in [0.15, 0.2) is 12.3 Å². The number of rotatable bonds is 6. The Kier molecular flexibility index (Phi) is 5.44. The van der Waals surface area contributed by atoms with Gasteiger partial charge in [-0.25, -0.2) is 4.79 Å². The second-order valence-electron chi connectivity index (χ2n) is 7.45. The van der Waals surface area contributed by atoms with E-state index in [2.05, 4.69) is 6.92 Å². The van der Waals surface area contributed by atoms with E-state index in [0.717, 1.165) is 29.3 Å². The van der Waals surface area contributed by atoms with Crippen LogP contribution in [0.15, 0.2) is 60.8 Å². The molecule has 5 atom stereocenters. The molecular formula is C24H27NO5. The van der Waals surface area contributed by atoms with Gasteiger partial charge >= 0.3 is 5.97 Å². The van der Waals surface area contributed by atoms with Crippen molar-refractivity contribution in [1.82, 2.24) is 4.57 Å². The molecule has 158 valence electrons. The zero-order valence-corrected chi connectivity index (χ0v) is 16.8. The molecule has 1 aromatic heterocycles. The van der Waals surface area contributed by atoms with Gasteiger partial charge in [-0.1, -0.05) is 49.7 Å². The summed E-state index contributed by atoms with van der Waals surface area (Å²) < 4.78 is 33.6. The lowest BCUT2D eigenvalue weighted by atomic mass is 10.0. The number of para-hydroxylation sites is 1. The first-order chi connectivity index (χ1) is 15.5. The summed E-state index contributed by atoms with van der Waals surface area (Å²) in [5.41, 5.74) is 2.39. The smallest absolute Gasteiger partial charge is 0.338 e. The van der Waals surface area contributed by atoms with E-state index in [1.54, 1.807) is 30.3 Å². The summed E-state index contributed by atoms with van der Waals surface area (Å²) in [6, 6.07) is 16.4. The van der Waals surface area contributed by atoms with E-state index >= 15 is 0 Å². The van der Waals surface area contributed by atoms with Crippen molar-refractivity contribution < 1.29 is 26.9 Å². The topological polar surface area (TPSA) is 69.9 Å². The first-order valence-electron chi connectivity index (χ1n) is 11.3. The summed E-state index contributed by atoms with van der Waals surface area (Å²) >= 11 is 0. The van der Waals surface area contributed by atoms with Crippen LogP contribution in [-0.4, -0.2) is 47.6 Å². The lowest BCUT2D eigenvalue weighted by molar-refractivity contribution is -0.216. The van der Waals surface area contributed by atoms with Gasteiger partial charge in [0, 0.05) is 18.6 Å². The SMILES string of the molecule is [2H]C([3H])OC1COC(n2cc(CCC)c3ccccc32)C(O)C1OC(=O)c1ccccc1. The third kappa shape index (κ3) is 3.86. The van der Waals surface area contributed by atoms with E-state index in [1.165, 1.54) is 0 Å². The highest BCUT2D eigenvalue weighted by Gasteiger charge is 2.43. The number of esters is 1. The molecule has 1 N–H and O–H groups in total. The summed E-state index contributed by atoms with van der Waals surface area (Å²) in [5, 5.41) is 12.3. The number of methoxy groups -OCH3 is 1. The minimum atomic E-state index is -1.60. The molecule has 5 unspecified atom stereocenters. The molecule has 2 heterocycles. The van der Waals surface area contributed by atoms with Crippen molar-refractivity contribution in [3.05, 3.63) is 71.9 Å². The molecule has 1 fully saturated rings. The average molecular weight is 412 g/mol. The van der Waals surface area contributed by atoms with Gasteiger partial charge in [0.25, 0.3) is 0 Å². The first-order valence-corrected chi connectivity index (χ1v) is 10.1. The van der Waals surface area contributed by atoms with Gasteiger partial charge in [0.2, 0.25) is 0 Å². The molecule has 2 aromatic carbocycles. The van der Waals surface area contributed by atoms with Crippen molar-refractivity contribution in [1.29, 1.82) is 0 Å². The Morgan fingerprint density at radius 2 is 2.07 bits per heavy atom. The van der Waals surface area contributed by atoms with Gasteiger partial charge < -0.3 is 23.9 Å². The van der Waals surface area contributed by atoms with Crippen LogP contribution < -0.4 is 0 Å². The number of hydrogen-bond donors (Lipinski definition) is 1.